The number of epoxide rings is 1. The summed E-state index contributed by atoms with van der Waals surface area (Å²) >= 11 is 0. The van der Waals surface area contributed by atoms with Crippen LogP contribution in [0.3, 0.4) is 0 Å². The quantitative estimate of drug-likeness (QED) is 0.108. The van der Waals surface area contributed by atoms with E-state index in [1.54, 1.807) is 24.3 Å². The Kier molecular flexibility index (Phi) is 11.4. The molecule has 2 aliphatic heterocycles. The van der Waals surface area contributed by atoms with Gasteiger partial charge in [-0.1, -0.05) is 69.6 Å². The van der Waals surface area contributed by atoms with E-state index < -0.39 is 18.5 Å². The van der Waals surface area contributed by atoms with Crippen LogP contribution in [0.4, 0.5) is 22.0 Å². The molecule has 4 unspecified atom stereocenters. The molecular formula is C33H43F5O4. The van der Waals surface area contributed by atoms with Crippen LogP contribution in [-0.4, -0.2) is 41.6 Å². The van der Waals surface area contributed by atoms with E-state index in [2.05, 4.69) is 0 Å². The Balaban J connectivity index is 1.13. The van der Waals surface area contributed by atoms with Gasteiger partial charge in [-0.25, -0.2) is 0 Å². The fourth-order valence-electron chi connectivity index (χ4n) is 6.27. The largest absolute Gasteiger partial charge is 0.508 e. The summed E-state index contributed by atoms with van der Waals surface area (Å²) in [5, 5.41) is 19.6. The summed E-state index contributed by atoms with van der Waals surface area (Å²) in [4.78, 5) is 0. The molecule has 0 radical (unpaired) electrons. The molecular weight excluding hydrogens is 555 g/mol. The highest BCUT2D eigenvalue weighted by Crippen LogP contribution is 2.46. The Morgan fingerprint density at radius 2 is 1.33 bits per heavy atom. The van der Waals surface area contributed by atoms with Crippen LogP contribution in [0, 0.1) is 5.92 Å². The van der Waals surface area contributed by atoms with Gasteiger partial charge in [0.1, 0.15) is 17.2 Å². The van der Waals surface area contributed by atoms with Gasteiger partial charge in [-0.05, 0) is 66.8 Å². The van der Waals surface area contributed by atoms with Gasteiger partial charge < -0.3 is 19.7 Å². The number of hydrogen-bond acceptors (Lipinski definition) is 4. The molecule has 2 aliphatic rings. The molecule has 0 aromatic heterocycles. The molecule has 2 heterocycles. The Hall–Kier alpha value is -2.55. The van der Waals surface area contributed by atoms with Crippen molar-refractivity contribution in [3.8, 4) is 17.2 Å². The van der Waals surface area contributed by atoms with Crippen LogP contribution in [0.1, 0.15) is 106 Å². The average Bonchev–Trinajstić information content (AvgIpc) is 3.78. The third kappa shape index (κ3) is 9.22. The number of phenols is 2. The van der Waals surface area contributed by atoms with E-state index in [0.717, 1.165) is 74.7 Å². The first-order valence-electron chi connectivity index (χ1n) is 15.4. The van der Waals surface area contributed by atoms with Crippen molar-refractivity contribution < 1.29 is 41.6 Å². The number of ether oxygens (including phenoxy) is 2. The van der Waals surface area contributed by atoms with E-state index in [0.29, 0.717) is 26.1 Å². The second kappa shape index (κ2) is 14.8. The third-order valence-corrected chi connectivity index (χ3v) is 8.83. The predicted molar refractivity (Wildman–Crippen MR) is 151 cm³/mol. The molecule has 0 amide bonds. The van der Waals surface area contributed by atoms with Crippen LogP contribution in [-0.2, 0) is 4.74 Å². The number of benzene rings is 2. The smallest absolute Gasteiger partial charge is 0.453 e. The van der Waals surface area contributed by atoms with E-state index in [4.69, 9.17) is 9.47 Å². The topological polar surface area (TPSA) is 62.2 Å². The van der Waals surface area contributed by atoms with E-state index in [-0.39, 0.29) is 41.8 Å². The molecule has 4 nitrogen and oxygen atoms in total. The number of fused-ring (bicyclic) bond motifs is 1. The van der Waals surface area contributed by atoms with E-state index in [1.807, 2.05) is 18.2 Å². The fraction of sp³-hybridized carbons (Fsp3) is 0.636. The molecule has 0 spiro atoms. The predicted octanol–water partition coefficient (Wildman–Crippen LogP) is 9.64. The molecule has 0 aliphatic carbocycles. The summed E-state index contributed by atoms with van der Waals surface area (Å²) in [7, 11) is 0. The van der Waals surface area contributed by atoms with Crippen molar-refractivity contribution in [1.82, 2.24) is 0 Å². The standard InChI is InChI=1S/C33H43F5O4/c34-32(35,33(36,37)38)19-9-8-11-24(31-22-42-31)10-6-4-2-1-3-5-7-12-27-28-18-17-26(40)20-30(28)41-21-29(27)23-13-15-25(39)16-14-23/h13-18,20,24,27,29,31,39-40H,1-12,19,21-22H2. The van der Waals surface area contributed by atoms with Gasteiger partial charge in [-0.2, -0.15) is 22.0 Å². The molecule has 2 aromatic rings. The first-order valence-corrected chi connectivity index (χ1v) is 15.4. The maximum atomic E-state index is 13.1. The Bertz CT molecular complexity index is 1100. The van der Waals surface area contributed by atoms with Crippen LogP contribution in [0.25, 0.3) is 0 Å². The molecule has 2 aromatic carbocycles. The van der Waals surface area contributed by atoms with E-state index in [1.165, 1.54) is 0 Å². The third-order valence-electron chi connectivity index (χ3n) is 8.83. The minimum atomic E-state index is -5.47. The summed E-state index contributed by atoms with van der Waals surface area (Å²) in [5.41, 5.74) is 2.24. The van der Waals surface area contributed by atoms with Gasteiger partial charge in [0.15, 0.2) is 0 Å². The molecule has 0 bridgehead atoms. The highest BCUT2D eigenvalue weighted by Gasteiger charge is 2.56. The summed E-state index contributed by atoms with van der Waals surface area (Å²) in [6.07, 6.45) is 4.01. The van der Waals surface area contributed by atoms with Crippen LogP contribution in [0.15, 0.2) is 42.5 Å². The number of rotatable bonds is 17. The molecule has 4 atom stereocenters. The zero-order valence-corrected chi connectivity index (χ0v) is 24.1. The summed E-state index contributed by atoms with van der Waals surface area (Å²) in [6, 6.07) is 12.7. The van der Waals surface area contributed by atoms with Gasteiger partial charge in [-0.15, -0.1) is 0 Å². The Morgan fingerprint density at radius 1 is 0.738 bits per heavy atom. The van der Waals surface area contributed by atoms with Gasteiger partial charge in [0.05, 0.1) is 19.3 Å². The van der Waals surface area contributed by atoms with E-state index in [9.17, 15) is 32.2 Å². The summed E-state index contributed by atoms with van der Waals surface area (Å²) in [6.45, 7) is 1.19. The lowest BCUT2D eigenvalue weighted by atomic mass is 9.77. The minimum absolute atomic E-state index is 0.132. The summed E-state index contributed by atoms with van der Waals surface area (Å²) < 4.78 is 74.7. The molecule has 0 saturated carbocycles. The van der Waals surface area contributed by atoms with Crippen molar-refractivity contribution in [3.05, 3.63) is 53.6 Å². The number of halogens is 5. The maximum Gasteiger partial charge on any atom is 0.453 e. The second-order valence-electron chi connectivity index (χ2n) is 12.0. The van der Waals surface area contributed by atoms with Crippen LogP contribution >= 0.6 is 0 Å². The molecule has 4 rings (SSSR count). The number of unbranched alkanes of at least 4 members (excludes halogenated alkanes) is 7. The van der Waals surface area contributed by atoms with Crippen molar-refractivity contribution in [2.45, 2.75) is 114 Å². The van der Waals surface area contributed by atoms with Gasteiger partial charge in [0, 0.05) is 18.4 Å². The zero-order chi connectivity index (χ0) is 30.2. The number of alkyl halides is 5. The van der Waals surface area contributed by atoms with Crippen molar-refractivity contribution in [2.75, 3.05) is 13.2 Å². The molecule has 1 fully saturated rings. The molecule has 9 heteroatoms. The lowest BCUT2D eigenvalue weighted by Crippen LogP contribution is -2.36. The minimum Gasteiger partial charge on any atom is -0.508 e. The first kappa shape index (κ1) is 32.4. The van der Waals surface area contributed by atoms with Gasteiger partial charge in [0.25, 0.3) is 0 Å². The van der Waals surface area contributed by atoms with Crippen LogP contribution in [0.2, 0.25) is 0 Å². The van der Waals surface area contributed by atoms with Gasteiger partial charge in [0.2, 0.25) is 0 Å². The zero-order valence-electron chi connectivity index (χ0n) is 24.1. The summed E-state index contributed by atoms with van der Waals surface area (Å²) in [5.74, 6) is -2.75. The van der Waals surface area contributed by atoms with E-state index >= 15 is 0 Å². The highest BCUT2D eigenvalue weighted by molar-refractivity contribution is 5.46. The molecule has 1 saturated heterocycles. The van der Waals surface area contributed by atoms with Crippen LogP contribution < -0.4 is 4.74 Å². The average molecular weight is 599 g/mol. The van der Waals surface area contributed by atoms with Crippen molar-refractivity contribution >= 4 is 0 Å². The SMILES string of the molecule is Oc1ccc(C2COc3cc(O)ccc3C2CCCCCCCCCC(CCCCC(F)(F)C(F)(F)F)C2CO2)cc1. The lowest BCUT2D eigenvalue weighted by Gasteiger charge is -2.34. The van der Waals surface area contributed by atoms with Crippen molar-refractivity contribution in [3.63, 3.8) is 0 Å². The lowest BCUT2D eigenvalue weighted by molar-refractivity contribution is -0.284. The molecule has 234 valence electrons. The van der Waals surface area contributed by atoms with Crippen LogP contribution in [0.5, 0.6) is 17.2 Å². The molecule has 42 heavy (non-hydrogen) atoms. The molecule has 2 N–H and O–H groups in total. The second-order valence-corrected chi connectivity index (χ2v) is 12.0. The maximum absolute atomic E-state index is 13.1. The first-order chi connectivity index (χ1) is 20.0. The van der Waals surface area contributed by atoms with Crippen molar-refractivity contribution in [2.24, 2.45) is 5.92 Å². The van der Waals surface area contributed by atoms with Gasteiger partial charge >= 0.3 is 12.1 Å². The highest BCUT2D eigenvalue weighted by atomic mass is 19.4. The normalized spacial score (nSPS) is 21.0. The monoisotopic (exact) mass is 598 g/mol. The Morgan fingerprint density at radius 3 is 1.98 bits per heavy atom. The number of aromatic hydroxyl groups is 2. The van der Waals surface area contributed by atoms with Crippen molar-refractivity contribution in [1.29, 1.82) is 0 Å². The Labute approximate surface area is 245 Å². The fourth-order valence-corrected chi connectivity index (χ4v) is 6.27. The number of hydrogen-bond donors (Lipinski definition) is 2. The number of phenolic OH excluding ortho intramolecular Hbond substituents is 2. The van der Waals surface area contributed by atoms with Gasteiger partial charge in [-0.3, -0.25) is 0 Å².